The Morgan fingerprint density at radius 1 is 0.958 bits per heavy atom. The normalized spacial score (nSPS) is 12.1. The molecule has 1 atom stereocenters. The highest BCUT2D eigenvalue weighted by Crippen LogP contribution is 2.31. The molecular formula is C20H27NO3. The zero-order chi connectivity index (χ0) is 17.5. The average Bonchev–Trinajstić information content (AvgIpc) is 2.58. The molecule has 24 heavy (non-hydrogen) atoms. The van der Waals surface area contributed by atoms with Gasteiger partial charge < -0.3 is 19.5 Å². The van der Waals surface area contributed by atoms with Gasteiger partial charge in [-0.2, -0.15) is 0 Å². The van der Waals surface area contributed by atoms with Crippen molar-refractivity contribution in [2.45, 2.75) is 39.5 Å². The molecule has 0 fully saturated rings. The summed E-state index contributed by atoms with van der Waals surface area (Å²) in [6.45, 7) is 6.89. The van der Waals surface area contributed by atoms with E-state index in [0.29, 0.717) is 6.54 Å². The van der Waals surface area contributed by atoms with Crippen molar-refractivity contribution in [3.8, 4) is 17.2 Å². The summed E-state index contributed by atoms with van der Waals surface area (Å²) >= 11 is 0. The van der Waals surface area contributed by atoms with Gasteiger partial charge in [-0.3, -0.25) is 0 Å². The maximum Gasteiger partial charge on any atom is 0.165 e. The molecule has 0 aromatic heterocycles. The van der Waals surface area contributed by atoms with Crippen LogP contribution in [-0.2, 0) is 6.54 Å². The number of hydrogen-bond donors (Lipinski definition) is 1. The lowest BCUT2D eigenvalue weighted by Crippen LogP contribution is -2.18. The minimum atomic E-state index is 0.171. The summed E-state index contributed by atoms with van der Waals surface area (Å²) in [6.07, 6.45) is 0.171. The van der Waals surface area contributed by atoms with E-state index >= 15 is 0 Å². The van der Waals surface area contributed by atoms with Crippen molar-refractivity contribution in [2.24, 2.45) is 0 Å². The molecular weight excluding hydrogens is 302 g/mol. The van der Waals surface area contributed by atoms with Gasteiger partial charge in [0.05, 0.1) is 20.3 Å². The maximum absolute atomic E-state index is 5.77. The SMILES string of the molecule is COc1cccc(CNC(C)c2cccc(OC(C)C)c2)c1OC. The molecule has 0 amide bonds. The molecule has 2 rings (SSSR count). The summed E-state index contributed by atoms with van der Waals surface area (Å²) in [5.41, 5.74) is 2.26. The molecule has 0 heterocycles. The predicted octanol–water partition coefficient (Wildman–Crippen LogP) is 4.34. The Bertz CT molecular complexity index is 655. The Balaban J connectivity index is 2.07. The Hall–Kier alpha value is -2.20. The van der Waals surface area contributed by atoms with Gasteiger partial charge >= 0.3 is 0 Å². The Labute approximate surface area is 144 Å². The van der Waals surface area contributed by atoms with E-state index < -0.39 is 0 Å². The standard InChI is InChI=1S/C20H27NO3/c1-14(2)24-18-10-6-8-16(12-18)15(3)21-13-17-9-7-11-19(22-4)20(17)23-5/h6-12,14-15,21H,13H2,1-5H3. The van der Waals surface area contributed by atoms with Crippen LogP contribution in [0, 0.1) is 0 Å². The first-order valence-corrected chi connectivity index (χ1v) is 8.25. The lowest BCUT2D eigenvalue weighted by molar-refractivity contribution is 0.242. The lowest BCUT2D eigenvalue weighted by atomic mass is 10.1. The number of methoxy groups -OCH3 is 2. The van der Waals surface area contributed by atoms with E-state index in [1.165, 1.54) is 5.56 Å². The van der Waals surface area contributed by atoms with Crippen LogP contribution < -0.4 is 19.5 Å². The quantitative estimate of drug-likeness (QED) is 0.782. The zero-order valence-electron chi connectivity index (χ0n) is 15.1. The Morgan fingerprint density at radius 3 is 2.38 bits per heavy atom. The van der Waals surface area contributed by atoms with Crippen molar-refractivity contribution < 1.29 is 14.2 Å². The van der Waals surface area contributed by atoms with E-state index in [0.717, 1.165) is 22.8 Å². The molecule has 0 aliphatic heterocycles. The lowest BCUT2D eigenvalue weighted by Gasteiger charge is -2.18. The van der Waals surface area contributed by atoms with Crippen LogP contribution in [0.3, 0.4) is 0 Å². The molecule has 0 bridgehead atoms. The van der Waals surface area contributed by atoms with Crippen molar-refractivity contribution in [2.75, 3.05) is 14.2 Å². The minimum Gasteiger partial charge on any atom is -0.493 e. The van der Waals surface area contributed by atoms with Gasteiger partial charge in [-0.15, -0.1) is 0 Å². The molecule has 0 spiro atoms. The second-order valence-corrected chi connectivity index (χ2v) is 5.99. The second kappa shape index (κ2) is 8.60. The molecule has 4 nitrogen and oxygen atoms in total. The van der Waals surface area contributed by atoms with E-state index in [2.05, 4.69) is 24.4 Å². The number of rotatable bonds is 8. The fourth-order valence-electron chi connectivity index (χ4n) is 2.60. The first-order chi connectivity index (χ1) is 11.5. The summed E-state index contributed by atoms with van der Waals surface area (Å²) in [4.78, 5) is 0. The average molecular weight is 329 g/mol. The smallest absolute Gasteiger partial charge is 0.165 e. The van der Waals surface area contributed by atoms with Crippen molar-refractivity contribution in [1.82, 2.24) is 5.32 Å². The Morgan fingerprint density at radius 2 is 1.71 bits per heavy atom. The first-order valence-electron chi connectivity index (χ1n) is 8.25. The number of benzene rings is 2. The van der Waals surface area contributed by atoms with Crippen LogP contribution in [0.2, 0.25) is 0 Å². The van der Waals surface area contributed by atoms with Crippen molar-refractivity contribution in [1.29, 1.82) is 0 Å². The molecule has 1 N–H and O–H groups in total. The molecule has 0 saturated carbocycles. The van der Waals surface area contributed by atoms with Gasteiger partial charge in [-0.1, -0.05) is 24.3 Å². The molecule has 2 aromatic rings. The monoisotopic (exact) mass is 329 g/mol. The van der Waals surface area contributed by atoms with Crippen LogP contribution in [-0.4, -0.2) is 20.3 Å². The van der Waals surface area contributed by atoms with E-state index in [9.17, 15) is 0 Å². The Kier molecular flexibility index (Phi) is 6.50. The molecule has 0 aliphatic carbocycles. The minimum absolute atomic E-state index is 0.171. The molecule has 2 aromatic carbocycles. The first kappa shape index (κ1) is 18.1. The van der Waals surface area contributed by atoms with Crippen molar-refractivity contribution in [3.63, 3.8) is 0 Å². The second-order valence-electron chi connectivity index (χ2n) is 5.99. The van der Waals surface area contributed by atoms with Gasteiger partial charge in [0.2, 0.25) is 0 Å². The molecule has 4 heteroatoms. The number of ether oxygens (including phenoxy) is 3. The number of hydrogen-bond acceptors (Lipinski definition) is 4. The van der Waals surface area contributed by atoms with Crippen LogP contribution in [0.5, 0.6) is 17.2 Å². The number of nitrogens with one attached hydrogen (secondary N) is 1. The molecule has 0 aliphatic rings. The number of para-hydroxylation sites is 1. The predicted molar refractivity (Wildman–Crippen MR) is 97.0 cm³/mol. The van der Waals surface area contributed by atoms with Crippen LogP contribution in [0.4, 0.5) is 0 Å². The largest absolute Gasteiger partial charge is 0.493 e. The molecule has 0 saturated heterocycles. The van der Waals surface area contributed by atoms with E-state index in [1.807, 2.05) is 44.2 Å². The van der Waals surface area contributed by atoms with Crippen LogP contribution in [0.1, 0.15) is 37.9 Å². The van der Waals surface area contributed by atoms with E-state index in [1.54, 1.807) is 14.2 Å². The van der Waals surface area contributed by atoms with Gasteiger partial charge in [-0.25, -0.2) is 0 Å². The summed E-state index contributed by atoms with van der Waals surface area (Å²) in [5.74, 6) is 2.42. The van der Waals surface area contributed by atoms with Gasteiger partial charge in [0, 0.05) is 18.2 Å². The highest BCUT2D eigenvalue weighted by molar-refractivity contribution is 5.46. The summed E-state index contributed by atoms with van der Waals surface area (Å²) in [5, 5.41) is 3.53. The van der Waals surface area contributed by atoms with Gasteiger partial charge in [0.1, 0.15) is 5.75 Å². The topological polar surface area (TPSA) is 39.7 Å². The third kappa shape index (κ3) is 4.65. The highest BCUT2D eigenvalue weighted by atomic mass is 16.5. The third-order valence-corrected chi connectivity index (χ3v) is 3.81. The molecule has 1 unspecified atom stereocenters. The van der Waals surface area contributed by atoms with Crippen LogP contribution in [0.25, 0.3) is 0 Å². The fourth-order valence-corrected chi connectivity index (χ4v) is 2.60. The van der Waals surface area contributed by atoms with Crippen molar-refractivity contribution in [3.05, 3.63) is 53.6 Å². The third-order valence-electron chi connectivity index (χ3n) is 3.81. The molecule has 0 radical (unpaired) electrons. The van der Waals surface area contributed by atoms with Crippen LogP contribution in [0.15, 0.2) is 42.5 Å². The highest BCUT2D eigenvalue weighted by Gasteiger charge is 2.12. The van der Waals surface area contributed by atoms with E-state index in [4.69, 9.17) is 14.2 Å². The summed E-state index contributed by atoms with van der Waals surface area (Å²) < 4.78 is 16.6. The van der Waals surface area contributed by atoms with Gasteiger partial charge in [-0.05, 0) is 44.5 Å². The fraction of sp³-hybridized carbons (Fsp3) is 0.400. The van der Waals surface area contributed by atoms with E-state index in [-0.39, 0.29) is 12.1 Å². The van der Waals surface area contributed by atoms with Gasteiger partial charge in [0.15, 0.2) is 11.5 Å². The summed E-state index contributed by atoms with van der Waals surface area (Å²) in [7, 11) is 3.31. The molecule has 130 valence electrons. The van der Waals surface area contributed by atoms with Crippen LogP contribution >= 0.6 is 0 Å². The zero-order valence-corrected chi connectivity index (χ0v) is 15.1. The maximum atomic E-state index is 5.77. The van der Waals surface area contributed by atoms with Crippen molar-refractivity contribution >= 4 is 0 Å². The van der Waals surface area contributed by atoms with Gasteiger partial charge in [0.25, 0.3) is 0 Å². The summed E-state index contributed by atoms with van der Waals surface area (Å²) in [6, 6.07) is 14.3.